The van der Waals surface area contributed by atoms with Crippen molar-refractivity contribution in [2.45, 2.75) is 0 Å². The van der Waals surface area contributed by atoms with Crippen molar-refractivity contribution in [2.75, 3.05) is 0 Å². The molecule has 9 aromatic carbocycles. The summed E-state index contributed by atoms with van der Waals surface area (Å²) in [4.78, 5) is 15.7. The van der Waals surface area contributed by atoms with Gasteiger partial charge in [0.1, 0.15) is 0 Å². The lowest BCUT2D eigenvalue weighted by atomic mass is 9.92. The van der Waals surface area contributed by atoms with Gasteiger partial charge in [-0.15, -0.1) is 0 Å². The van der Waals surface area contributed by atoms with Gasteiger partial charge in [-0.1, -0.05) is 182 Å². The Morgan fingerprint density at radius 3 is 1.16 bits per heavy atom. The first-order chi connectivity index (χ1) is 31.7. The number of pyridine rings is 1. The van der Waals surface area contributed by atoms with Crippen LogP contribution in [-0.2, 0) is 0 Å². The molecule has 0 fully saturated rings. The van der Waals surface area contributed by atoms with Crippen molar-refractivity contribution in [1.29, 1.82) is 0 Å². The van der Waals surface area contributed by atoms with E-state index in [2.05, 4.69) is 243 Å². The maximum Gasteiger partial charge on any atom is 0.160 e. The quantitative estimate of drug-likeness (QED) is 0.146. The second-order valence-corrected chi connectivity index (χ2v) is 16.1. The van der Waals surface area contributed by atoms with Gasteiger partial charge in [-0.3, -0.25) is 4.98 Å². The Bertz CT molecular complexity index is 3300. The highest BCUT2D eigenvalue weighted by Crippen LogP contribution is 2.38. The molecule has 11 aromatic rings. The molecule has 0 atom stereocenters. The van der Waals surface area contributed by atoms with E-state index in [1.54, 1.807) is 0 Å². The van der Waals surface area contributed by atoms with Crippen molar-refractivity contribution >= 4 is 10.8 Å². The van der Waals surface area contributed by atoms with Crippen molar-refractivity contribution in [3.63, 3.8) is 0 Å². The number of rotatable bonds is 9. The predicted octanol–water partition coefficient (Wildman–Crippen LogP) is 16.0. The lowest BCUT2D eigenvalue weighted by Crippen LogP contribution is -1.97. The van der Waals surface area contributed by atoms with E-state index < -0.39 is 0 Å². The normalized spacial score (nSPS) is 11.1. The molecule has 0 aliphatic rings. The van der Waals surface area contributed by atoms with Gasteiger partial charge in [0, 0.05) is 33.8 Å². The highest BCUT2D eigenvalue weighted by molar-refractivity contribution is 5.95. The molecule has 0 bridgehead atoms. The summed E-state index contributed by atoms with van der Waals surface area (Å²) in [6, 6.07) is 85.9. The van der Waals surface area contributed by atoms with Gasteiger partial charge in [0.2, 0.25) is 0 Å². The fourth-order valence-corrected chi connectivity index (χ4v) is 8.64. The van der Waals surface area contributed by atoms with E-state index in [0.717, 1.165) is 83.5 Å². The number of hydrogen-bond acceptors (Lipinski definition) is 3. The van der Waals surface area contributed by atoms with Gasteiger partial charge in [-0.2, -0.15) is 0 Å². The van der Waals surface area contributed by atoms with Gasteiger partial charge in [0.15, 0.2) is 5.82 Å². The Hall–Kier alpha value is -8.53. The molecule has 0 N–H and O–H groups in total. The molecule has 0 aliphatic heterocycles. The van der Waals surface area contributed by atoms with Crippen LogP contribution in [0.2, 0.25) is 0 Å². The zero-order valence-electron chi connectivity index (χ0n) is 35.0. The van der Waals surface area contributed by atoms with Crippen molar-refractivity contribution in [1.82, 2.24) is 15.0 Å². The molecule has 64 heavy (non-hydrogen) atoms. The Kier molecular flexibility index (Phi) is 10.3. The van der Waals surface area contributed by atoms with Crippen molar-refractivity contribution in [2.24, 2.45) is 0 Å². The molecule has 3 heteroatoms. The van der Waals surface area contributed by atoms with E-state index in [-0.39, 0.29) is 0 Å². The van der Waals surface area contributed by atoms with E-state index >= 15 is 0 Å². The molecule has 300 valence electrons. The molecule has 0 aliphatic carbocycles. The summed E-state index contributed by atoms with van der Waals surface area (Å²) < 4.78 is 0. The largest absolute Gasteiger partial charge is 0.256 e. The van der Waals surface area contributed by atoms with Crippen LogP contribution in [0.1, 0.15) is 0 Å². The Labute approximate surface area is 373 Å². The zero-order valence-corrected chi connectivity index (χ0v) is 35.0. The minimum absolute atomic E-state index is 0.642. The molecular weight excluding hydrogens is 775 g/mol. The first kappa shape index (κ1) is 38.4. The van der Waals surface area contributed by atoms with Gasteiger partial charge in [0.25, 0.3) is 0 Å². The van der Waals surface area contributed by atoms with Crippen LogP contribution in [0.4, 0.5) is 0 Å². The third-order valence-electron chi connectivity index (χ3n) is 11.9. The number of hydrogen-bond donors (Lipinski definition) is 0. The highest BCUT2D eigenvalue weighted by Gasteiger charge is 2.16. The van der Waals surface area contributed by atoms with Crippen LogP contribution in [-0.4, -0.2) is 15.0 Å². The maximum absolute atomic E-state index is 5.41. The van der Waals surface area contributed by atoms with Crippen LogP contribution < -0.4 is 0 Å². The van der Waals surface area contributed by atoms with Gasteiger partial charge >= 0.3 is 0 Å². The molecule has 0 radical (unpaired) electrons. The number of fused-ring (bicyclic) bond motifs is 1. The minimum Gasteiger partial charge on any atom is -0.256 e. The van der Waals surface area contributed by atoms with E-state index in [9.17, 15) is 0 Å². The molecule has 2 heterocycles. The molecule has 11 rings (SSSR count). The minimum atomic E-state index is 0.642. The SMILES string of the molecule is c1ccc(-c2cc(-c3ccccc3)cc(-c3cccc(-c4cc(-c5cc(-c6ccccc6)cc(-c6ccccc6)c5)nc(-c5cccc(-c6nccc7ccccc67)c5)n4)c3)c2)cc1. The smallest absolute Gasteiger partial charge is 0.160 e. The zero-order chi connectivity index (χ0) is 42.7. The first-order valence-corrected chi connectivity index (χ1v) is 21.7. The van der Waals surface area contributed by atoms with Crippen LogP contribution >= 0.6 is 0 Å². The predicted molar refractivity (Wildman–Crippen MR) is 266 cm³/mol. The fraction of sp³-hybridized carbons (Fsp3) is 0. The summed E-state index contributed by atoms with van der Waals surface area (Å²) >= 11 is 0. The van der Waals surface area contributed by atoms with Crippen molar-refractivity contribution in [3.05, 3.63) is 249 Å². The number of aromatic nitrogens is 3. The van der Waals surface area contributed by atoms with Gasteiger partial charge in [-0.25, -0.2) is 9.97 Å². The Balaban J connectivity index is 1.10. The van der Waals surface area contributed by atoms with Gasteiger partial charge in [-0.05, 0) is 122 Å². The third-order valence-corrected chi connectivity index (χ3v) is 11.9. The second-order valence-electron chi connectivity index (χ2n) is 16.1. The molecule has 0 saturated heterocycles. The molecule has 0 saturated carbocycles. The Morgan fingerprint density at radius 1 is 0.234 bits per heavy atom. The number of nitrogens with zero attached hydrogens (tertiary/aromatic N) is 3. The average molecular weight is 816 g/mol. The van der Waals surface area contributed by atoms with Crippen molar-refractivity contribution < 1.29 is 0 Å². The summed E-state index contributed by atoms with van der Waals surface area (Å²) in [6.45, 7) is 0. The summed E-state index contributed by atoms with van der Waals surface area (Å²) in [5, 5.41) is 2.25. The van der Waals surface area contributed by atoms with E-state index in [4.69, 9.17) is 15.0 Å². The fourth-order valence-electron chi connectivity index (χ4n) is 8.64. The van der Waals surface area contributed by atoms with Crippen LogP contribution in [0.5, 0.6) is 0 Å². The van der Waals surface area contributed by atoms with Crippen LogP contribution in [0, 0.1) is 0 Å². The molecule has 2 aromatic heterocycles. The maximum atomic E-state index is 5.41. The lowest BCUT2D eigenvalue weighted by Gasteiger charge is -2.15. The topological polar surface area (TPSA) is 38.7 Å². The Morgan fingerprint density at radius 2 is 0.609 bits per heavy atom. The molecule has 0 spiro atoms. The van der Waals surface area contributed by atoms with Crippen molar-refractivity contribution in [3.8, 4) is 101 Å². The van der Waals surface area contributed by atoms with E-state index in [1.807, 2.05) is 6.20 Å². The lowest BCUT2D eigenvalue weighted by molar-refractivity contribution is 1.18. The van der Waals surface area contributed by atoms with E-state index in [0.29, 0.717) is 5.82 Å². The number of benzene rings is 9. The molecule has 0 amide bonds. The van der Waals surface area contributed by atoms with E-state index in [1.165, 1.54) is 22.3 Å². The van der Waals surface area contributed by atoms with Crippen LogP contribution in [0.15, 0.2) is 249 Å². The van der Waals surface area contributed by atoms with Gasteiger partial charge < -0.3 is 0 Å². The summed E-state index contributed by atoms with van der Waals surface area (Å²) in [5.74, 6) is 0.642. The monoisotopic (exact) mass is 815 g/mol. The average Bonchev–Trinajstić information content (AvgIpc) is 3.39. The van der Waals surface area contributed by atoms with Gasteiger partial charge in [0.05, 0.1) is 17.1 Å². The summed E-state index contributed by atoms with van der Waals surface area (Å²) in [7, 11) is 0. The summed E-state index contributed by atoms with van der Waals surface area (Å²) in [6.07, 6.45) is 1.88. The molecule has 3 nitrogen and oxygen atoms in total. The second kappa shape index (κ2) is 17.1. The standard InChI is InChI=1S/C61H41N3/c1-5-17-42(18-6-1)51-35-52(43-19-7-2-8-20-43)38-55(37-51)47-26-15-27-48(33-47)58-41-59(56-39-53(44-21-9-3-10-22-44)36-54(40-56)45-23-11-4-12-24-45)64-61(63-58)50-29-16-28-49(34-50)60-57-30-14-13-25-46(57)31-32-62-60/h1-41H. The molecule has 0 unspecified atom stereocenters. The first-order valence-electron chi connectivity index (χ1n) is 21.7. The van der Waals surface area contributed by atoms with Crippen LogP contribution in [0.25, 0.3) is 112 Å². The molecular formula is C61H41N3. The summed E-state index contributed by atoms with van der Waals surface area (Å²) in [5.41, 5.74) is 18.0. The third kappa shape index (κ3) is 7.90. The highest BCUT2D eigenvalue weighted by atomic mass is 14.9. The van der Waals surface area contributed by atoms with Crippen LogP contribution in [0.3, 0.4) is 0 Å².